The molecular weight excluding hydrogens is 821 g/mol. The van der Waals surface area contributed by atoms with Crippen LogP contribution in [0.25, 0.3) is 49.7 Å². The normalized spacial score (nSPS) is 12.8. The third kappa shape index (κ3) is 9.77. The number of benzene rings is 9. The largest absolute Gasteiger partial charge is 0.311 e. The van der Waals surface area contributed by atoms with E-state index in [9.17, 15) is 0 Å². The summed E-state index contributed by atoms with van der Waals surface area (Å²) >= 11 is 0. The molecule has 0 radical (unpaired) electrons. The topological polar surface area (TPSA) is 6.48 Å². The van der Waals surface area contributed by atoms with Gasteiger partial charge in [-0.3, -0.25) is 0 Å². The number of anilines is 5. The fourth-order valence-electron chi connectivity index (χ4n) is 9.00. The van der Waals surface area contributed by atoms with Crippen LogP contribution in [0.3, 0.4) is 0 Å². The Morgan fingerprint density at radius 2 is 0.779 bits per heavy atom. The van der Waals surface area contributed by atoms with Gasteiger partial charge in [0.2, 0.25) is 0 Å². The van der Waals surface area contributed by atoms with E-state index in [4.69, 9.17) is 0 Å². The molecule has 9 aromatic carbocycles. The predicted molar refractivity (Wildman–Crippen MR) is 292 cm³/mol. The van der Waals surface area contributed by atoms with Crippen LogP contribution in [-0.2, 0) is 0 Å². The highest BCUT2D eigenvalue weighted by Crippen LogP contribution is 2.40. The van der Waals surface area contributed by atoms with Crippen molar-refractivity contribution >= 4 is 44.8 Å². The molecule has 0 saturated carbocycles. The van der Waals surface area contributed by atoms with Crippen LogP contribution >= 0.6 is 0 Å². The van der Waals surface area contributed by atoms with E-state index in [1.165, 1.54) is 55.3 Å². The number of nitrogens with zero attached hydrogens (tertiary/aromatic N) is 2. The van der Waals surface area contributed by atoms with E-state index in [0.717, 1.165) is 46.1 Å². The van der Waals surface area contributed by atoms with Crippen LogP contribution < -0.4 is 9.80 Å². The van der Waals surface area contributed by atoms with Gasteiger partial charge in [0.05, 0.1) is 0 Å². The maximum Gasteiger partial charge on any atom is 0.0464 e. The Labute approximate surface area is 401 Å². The van der Waals surface area contributed by atoms with Gasteiger partial charge in [0.1, 0.15) is 0 Å². The SMILES string of the molecule is C\C=C/C=C\C=C\C1=C(c2ccc(N(c3ccccc3)c3ccc(-c4ccccc4)cc3)cc2)CC=CC(N(c2ccc(-c3ccccc3)cc2)c2ccc(-c3ccc4ccccc4c3)cc2)=C1. The molecule has 0 fully saturated rings. The van der Waals surface area contributed by atoms with Crippen LogP contribution in [0.1, 0.15) is 18.9 Å². The van der Waals surface area contributed by atoms with Crippen LogP contribution in [0.15, 0.2) is 296 Å². The number of allylic oxidation sites excluding steroid dienone is 11. The lowest BCUT2D eigenvalue weighted by atomic mass is 9.96. The maximum absolute atomic E-state index is 2.38. The molecule has 0 spiro atoms. The van der Waals surface area contributed by atoms with Gasteiger partial charge in [-0.1, -0.05) is 206 Å². The van der Waals surface area contributed by atoms with Gasteiger partial charge in [-0.2, -0.15) is 0 Å². The zero-order chi connectivity index (χ0) is 45.9. The predicted octanol–water partition coefficient (Wildman–Crippen LogP) is 18.4. The lowest BCUT2D eigenvalue weighted by Crippen LogP contribution is -2.15. The fraction of sp³-hybridized carbons (Fsp3) is 0.0303. The summed E-state index contributed by atoms with van der Waals surface area (Å²) < 4.78 is 0. The minimum atomic E-state index is 0.766. The van der Waals surface area contributed by atoms with Crippen molar-refractivity contribution in [3.8, 4) is 33.4 Å². The Morgan fingerprint density at radius 3 is 1.34 bits per heavy atom. The van der Waals surface area contributed by atoms with Gasteiger partial charge in [-0.25, -0.2) is 0 Å². The molecule has 326 valence electrons. The van der Waals surface area contributed by atoms with E-state index in [1.807, 2.05) is 13.0 Å². The Hall–Kier alpha value is -8.72. The van der Waals surface area contributed by atoms with Gasteiger partial charge in [0.15, 0.2) is 0 Å². The second-order valence-electron chi connectivity index (χ2n) is 16.9. The molecule has 0 atom stereocenters. The zero-order valence-electron chi connectivity index (χ0n) is 38.2. The van der Waals surface area contributed by atoms with Gasteiger partial charge in [0.25, 0.3) is 0 Å². The van der Waals surface area contributed by atoms with Crippen molar-refractivity contribution in [2.45, 2.75) is 13.3 Å². The summed E-state index contributed by atoms with van der Waals surface area (Å²) in [7, 11) is 0. The summed E-state index contributed by atoms with van der Waals surface area (Å²) in [6.45, 7) is 2.04. The molecule has 68 heavy (non-hydrogen) atoms. The summed E-state index contributed by atoms with van der Waals surface area (Å²) in [5.74, 6) is 0. The highest BCUT2D eigenvalue weighted by Gasteiger charge is 2.19. The lowest BCUT2D eigenvalue weighted by Gasteiger charge is -2.27. The molecule has 2 heteroatoms. The van der Waals surface area contributed by atoms with Crippen molar-refractivity contribution in [1.29, 1.82) is 0 Å². The average Bonchev–Trinajstić information content (AvgIpc) is 3.62. The number of hydrogen-bond acceptors (Lipinski definition) is 2. The van der Waals surface area contributed by atoms with Crippen LogP contribution in [0.5, 0.6) is 0 Å². The standard InChI is InChI=1S/C66H52N2/c1-2-3-4-5-9-25-59-49-65(28-18-29-66(59)56-38-46-62(47-39-56)67(60-26-14-8-15-27-60)61-40-32-53(33-41-61)50-19-10-6-11-20-50)68(63-42-34-54(35-43-63)51-21-12-7-13-22-51)64-44-36-55(37-45-64)58-31-30-52-23-16-17-24-57(52)48-58/h2-28,30-49H,29H2,1H3/b3-2-,5-4-,25-9+. The minimum Gasteiger partial charge on any atom is -0.311 e. The van der Waals surface area contributed by atoms with E-state index in [2.05, 4.69) is 289 Å². The molecule has 0 unspecified atom stereocenters. The molecule has 9 aromatic rings. The highest BCUT2D eigenvalue weighted by atomic mass is 15.1. The van der Waals surface area contributed by atoms with Gasteiger partial charge in [-0.05, 0) is 153 Å². The molecule has 0 aromatic heterocycles. The van der Waals surface area contributed by atoms with Gasteiger partial charge < -0.3 is 9.80 Å². The van der Waals surface area contributed by atoms with Crippen molar-refractivity contribution in [3.63, 3.8) is 0 Å². The fourth-order valence-corrected chi connectivity index (χ4v) is 9.00. The van der Waals surface area contributed by atoms with Gasteiger partial charge >= 0.3 is 0 Å². The first-order chi connectivity index (χ1) is 33.7. The van der Waals surface area contributed by atoms with Crippen molar-refractivity contribution < 1.29 is 0 Å². The second kappa shape index (κ2) is 20.6. The Balaban J connectivity index is 1.04. The Morgan fingerprint density at radius 1 is 0.353 bits per heavy atom. The number of para-hydroxylation sites is 1. The third-order valence-corrected chi connectivity index (χ3v) is 12.5. The van der Waals surface area contributed by atoms with Crippen molar-refractivity contribution in [2.24, 2.45) is 0 Å². The second-order valence-corrected chi connectivity index (χ2v) is 16.9. The van der Waals surface area contributed by atoms with Crippen molar-refractivity contribution in [3.05, 3.63) is 302 Å². The molecule has 0 saturated heterocycles. The highest BCUT2D eigenvalue weighted by molar-refractivity contribution is 5.88. The lowest BCUT2D eigenvalue weighted by molar-refractivity contribution is 1.20. The first-order valence-corrected chi connectivity index (χ1v) is 23.4. The molecule has 0 bridgehead atoms. The molecule has 1 aliphatic carbocycles. The monoisotopic (exact) mass is 872 g/mol. The van der Waals surface area contributed by atoms with E-state index < -0.39 is 0 Å². The Bertz CT molecular complexity index is 3300. The van der Waals surface area contributed by atoms with E-state index in [1.54, 1.807) is 0 Å². The van der Waals surface area contributed by atoms with E-state index >= 15 is 0 Å². The summed E-state index contributed by atoms with van der Waals surface area (Å²) in [6.07, 6.45) is 20.4. The van der Waals surface area contributed by atoms with Gasteiger partial charge in [-0.15, -0.1) is 0 Å². The number of rotatable bonds is 13. The Kier molecular flexibility index (Phi) is 13.1. The summed E-state index contributed by atoms with van der Waals surface area (Å²) in [5, 5.41) is 2.48. The first-order valence-electron chi connectivity index (χ1n) is 23.4. The van der Waals surface area contributed by atoms with Crippen molar-refractivity contribution in [1.82, 2.24) is 0 Å². The van der Waals surface area contributed by atoms with Gasteiger partial charge in [0, 0.05) is 34.1 Å². The summed E-state index contributed by atoms with van der Waals surface area (Å²) in [6, 6.07) is 82.9. The van der Waals surface area contributed by atoms with Crippen LogP contribution in [0.2, 0.25) is 0 Å². The molecule has 1 aliphatic rings. The molecule has 0 heterocycles. The maximum atomic E-state index is 2.38. The smallest absolute Gasteiger partial charge is 0.0464 e. The van der Waals surface area contributed by atoms with Crippen molar-refractivity contribution in [2.75, 3.05) is 9.80 Å². The van der Waals surface area contributed by atoms with Crippen LogP contribution in [-0.4, -0.2) is 0 Å². The third-order valence-electron chi connectivity index (χ3n) is 12.5. The zero-order valence-corrected chi connectivity index (χ0v) is 38.2. The molecule has 0 amide bonds. The first kappa shape index (κ1) is 43.2. The average molecular weight is 873 g/mol. The number of hydrogen-bond donors (Lipinski definition) is 0. The van der Waals surface area contributed by atoms with E-state index in [0.29, 0.717) is 0 Å². The minimum absolute atomic E-state index is 0.766. The van der Waals surface area contributed by atoms with E-state index in [-0.39, 0.29) is 0 Å². The summed E-state index contributed by atoms with van der Waals surface area (Å²) in [5.41, 5.74) is 17.3. The molecule has 2 nitrogen and oxygen atoms in total. The summed E-state index contributed by atoms with van der Waals surface area (Å²) in [4.78, 5) is 4.71. The molecule has 0 N–H and O–H groups in total. The molecule has 0 aliphatic heterocycles. The molecule has 10 rings (SSSR count). The number of fused-ring (bicyclic) bond motifs is 1. The van der Waals surface area contributed by atoms with Crippen LogP contribution in [0.4, 0.5) is 28.4 Å². The molecular formula is C66H52N2. The quantitative estimate of drug-likeness (QED) is 0.107. The van der Waals surface area contributed by atoms with Crippen LogP contribution in [0, 0.1) is 0 Å².